The van der Waals surface area contributed by atoms with Crippen LogP contribution in [0.3, 0.4) is 0 Å². The van der Waals surface area contributed by atoms with Crippen LogP contribution in [0.25, 0.3) is 0 Å². The first kappa shape index (κ1) is 9.24. The molecule has 0 fully saturated rings. The number of aromatic nitrogens is 1. The summed E-state index contributed by atoms with van der Waals surface area (Å²) in [7, 11) is 2.10. The Morgan fingerprint density at radius 2 is 1.83 bits per heavy atom. The second-order valence-electron chi connectivity index (χ2n) is 4.40. The molecule has 0 atom stereocenters. The van der Waals surface area contributed by atoms with Crippen molar-refractivity contribution in [3.05, 3.63) is 29.6 Å². The van der Waals surface area contributed by atoms with Gasteiger partial charge in [-0.15, -0.1) is 0 Å². The van der Waals surface area contributed by atoms with E-state index in [0.29, 0.717) is 0 Å². The lowest BCUT2D eigenvalue weighted by Gasteiger charge is -2.17. The lowest BCUT2D eigenvalue weighted by Crippen LogP contribution is -2.40. The number of rotatable bonds is 0. The SMILES string of the molecule is Cc1ccc[n+](C)c1C(C)(C)C. The normalized spacial score (nSPS) is 11.8. The molecule has 0 spiro atoms. The number of nitrogens with zero attached hydrogens (tertiary/aromatic N) is 1. The highest BCUT2D eigenvalue weighted by Crippen LogP contribution is 2.20. The molecule has 0 N–H and O–H groups in total. The summed E-state index contributed by atoms with van der Waals surface area (Å²) >= 11 is 0. The first-order valence-corrected chi connectivity index (χ1v) is 4.38. The van der Waals surface area contributed by atoms with Crippen LogP contribution in [0.2, 0.25) is 0 Å². The summed E-state index contributed by atoms with van der Waals surface area (Å²) in [4.78, 5) is 0. The van der Waals surface area contributed by atoms with Crippen LogP contribution < -0.4 is 4.57 Å². The van der Waals surface area contributed by atoms with Crippen molar-refractivity contribution in [1.29, 1.82) is 0 Å². The van der Waals surface area contributed by atoms with Crippen molar-refractivity contribution in [1.82, 2.24) is 0 Å². The molecule has 12 heavy (non-hydrogen) atoms. The minimum Gasteiger partial charge on any atom is -0.204 e. The first-order chi connectivity index (χ1) is 5.43. The van der Waals surface area contributed by atoms with Crippen molar-refractivity contribution in [2.45, 2.75) is 33.1 Å². The fraction of sp³-hybridized carbons (Fsp3) is 0.545. The molecule has 0 aliphatic carbocycles. The molecule has 0 aliphatic heterocycles. The maximum absolute atomic E-state index is 2.25. The third-order valence-electron chi connectivity index (χ3n) is 2.09. The first-order valence-electron chi connectivity index (χ1n) is 4.38. The van der Waals surface area contributed by atoms with Gasteiger partial charge in [0.05, 0.1) is 0 Å². The Balaban J connectivity index is 3.31. The maximum atomic E-state index is 2.25. The zero-order chi connectivity index (χ0) is 9.35. The predicted molar refractivity (Wildman–Crippen MR) is 51.1 cm³/mol. The fourth-order valence-corrected chi connectivity index (χ4v) is 1.87. The van der Waals surface area contributed by atoms with Crippen LogP contribution in [0.4, 0.5) is 0 Å². The van der Waals surface area contributed by atoms with Gasteiger partial charge in [0.25, 0.3) is 0 Å². The molecule has 0 saturated heterocycles. The minimum atomic E-state index is 0.236. The topological polar surface area (TPSA) is 3.88 Å². The molecule has 0 saturated carbocycles. The lowest BCUT2D eigenvalue weighted by molar-refractivity contribution is -0.682. The molecule has 1 nitrogen and oxygen atoms in total. The molecule has 0 bridgehead atoms. The van der Waals surface area contributed by atoms with Gasteiger partial charge in [-0.05, 0) is 13.0 Å². The van der Waals surface area contributed by atoms with Crippen LogP contribution >= 0.6 is 0 Å². The molecule has 1 aromatic heterocycles. The second kappa shape index (κ2) is 2.89. The van der Waals surface area contributed by atoms with Crippen LogP contribution in [0.5, 0.6) is 0 Å². The van der Waals surface area contributed by atoms with Crippen molar-refractivity contribution in [3.63, 3.8) is 0 Å². The van der Waals surface area contributed by atoms with Crippen LogP contribution in [0.15, 0.2) is 18.3 Å². The lowest BCUT2D eigenvalue weighted by atomic mass is 9.88. The van der Waals surface area contributed by atoms with Gasteiger partial charge in [0, 0.05) is 17.0 Å². The molecular weight excluding hydrogens is 146 g/mol. The summed E-state index contributed by atoms with van der Waals surface area (Å²) in [5, 5.41) is 0. The Kier molecular flexibility index (Phi) is 2.22. The molecule has 0 aromatic carbocycles. The second-order valence-corrected chi connectivity index (χ2v) is 4.40. The fourth-order valence-electron chi connectivity index (χ4n) is 1.87. The van der Waals surface area contributed by atoms with Gasteiger partial charge >= 0.3 is 0 Å². The van der Waals surface area contributed by atoms with Crippen LogP contribution in [0, 0.1) is 6.92 Å². The average molecular weight is 164 g/mol. The molecule has 1 aromatic rings. The summed E-state index contributed by atoms with van der Waals surface area (Å²) in [6.07, 6.45) is 2.10. The molecule has 1 rings (SSSR count). The monoisotopic (exact) mass is 164 g/mol. The van der Waals surface area contributed by atoms with Crippen molar-refractivity contribution in [2.75, 3.05) is 0 Å². The van der Waals surface area contributed by atoms with E-state index in [1.54, 1.807) is 0 Å². The van der Waals surface area contributed by atoms with Crippen molar-refractivity contribution in [3.8, 4) is 0 Å². The van der Waals surface area contributed by atoms with Gasteiger partial charge in [0.1, 0.15) is 7.05 Å². The van der Waals surface area contributed by atoms with Gasteiger partial charge < -0.3 is 0 Å². The molecule has 0 unspecified atom stereocenters. The molecule has 66 valence electrons. The predicted octanol–water partition coefficient (Wildman–Crippen LogP) is 2.12. The molecule has 0 aliphatic rings. The maximum Gasteiger partial charge on any atom is 0.189 e. The Hall–Kier alpha value is -0.850. The van der Waals surface area contributed by atoms with E-state index in [9.17, 15) is 0 Å². The Morgan fingerprint density at radius 3 is 2.17 bits per heavy atom. The largest absolute Gasteiger partial charge is 0.204 e. The van der Waals surface area contributed by atoms with Crippen molar-refractivity contribution in [2.24, 2.45) is 7.05 Å². The number of aryl methyl sites for hydroxylation is 2. The highest BCUT2D eigenvalue weighted by atomic mass is 14.9. The third kappa shape index (κ3) is 1.66. The number of hydrogen-bond acceptors (Lipinski definition) is 0. The van der Waals surface area contributed by atoms with Gasteiger partial charge in [-0.2, -0.15) is 0 Å². The highest BCUT2D eigenvalue weighted by molar-refractivity contribution is 5.19. The zero-order valence-electron chi connectivity index (χ0n) is 8.68. The standard InChI is InChI=1S/C11H18N/c1-9-7-6-8-12(5)10(9)11(2,3)4/h6-8H,1-5H3/q+1. The van der Waals surface area contributed by atoms with Gasteiger partial charge in [-0.3, -0.25) is 0 Å². The van der Waals surface area contributed by atoms with E-state index in [1.807, 2.05) is 0 Å². The van der Waals surface area contributed by atoms with E-state index in [4.69, 9.17) is 0 Å². The number of pyridine rings is 1. The van der Waals surface area contributed by atoms with E-state index in [0.717, 1.165) is 0 Å². The molecule has 0 radical (unpaired) electrons. The van der Waals surface area contributed by atoms with Gasteiger partial charge in [0.2, 0.25) is 0 Å². The Labute approximate surface area is 75.1 Å². The molecule has 1 heteroatoms. The van der Waals surface area contributed by atoms with Gasteiger partial charge in [-0.1, -0.05) is 20.8 Å². The molecule has 1 heterocycles. The van der Waals surface area contributed by atoms with E-state index in [2.05, 4.69) is 57.6 Å². The summed E-state index contributed by atoms with van der Waals surface area (Å²) in [5.74, 6) is 0. The molecule has 0 amide bonds. The van der Waals surface area contributed by atoms with Crippen LogP contribution in [0.1, 0.15) is 32.0 Å². The van der Waals surface area contributed by atoms with Crippen LogP contribution in [-0.4, -0.2) is 0 Å². The quantitative estimate of drug-likeness (QED) is 0.517. The summed E-state index contributed by atoms with van der Waals surface area (Å²) in [6.45, 7) is 8.90. The Morgan fingerprint density at radius 1 is 1.25 bits per heavy atom. The minimum absolute atomic E-state index is 0.236. The highest BCUT2D eigenvalue weighted by Gasteiger charge is 2.25. The number of hydrogen-bond donors (Lipinski definition) is 0. The zero-order valence-corrected chi connectivity index (χ0v) is 8.68. The van der Waals surface area contributed by atoms with Gasteiger partial charge in [-0.25, -0.2) is 4.57 Å². The molecular formula is C11H18N+. The average Bonchev–Trinajstić information content (AvgIpc) is 1.82. The summed E-state index contributed by atoms with van der Waals surface area (Å²) < 4.78 is 2.20. The summed E-state index contributed by atoms with van der Waals surface area (Å²) in [5.41, 5.74) is 3.01. The van der Waals surface area contributed by atoms with Crippen molar-refractivity contribution >= 4 is 0 Å². The van der Waals surface area contributed by atoms with E-state index >= 15 is 0 Å². The summed E-state index contributed by atoms with van der Waals surface area (Å²) in [6, 6.07) is 4.26. The van der Waals surface area contributed by atoms with E-state index in [-0.39, 0.29) is 5.41 Å². The third-order valence-corrected chi connectivity index (χ3v) is 2.09. The van der Waals surface area contributed by atoms with Crippen LogP contribution in [-0.2, 0) is 12.5 Å². The Bertz CT molecular complexity index is 261. The smallest absolute Gasteiger partial charge is 0.189 e. The van der Waals surface area contributed by atoms with Gasteiger partial charge in [0.15, 0.2) is 11.9 Å². The van der Waals surface area contributed by atoms with E-state index < -0.39 is 0 Å². The van der Waals surface area contributed by atoms with E-state index in [1.165, 1.54) is 11.3 Å². The van der Waals surface area contributed by atoms with Crippen molar-refractivity contribution < 1.29 is 4.57 Å².